The van der Waals surface area contributed by atoms with Gasteiger partial charge in [-0.15, -0.1) is 10.2 Å². The van der Waals surface area contributed by atoms with Crippen molar-refractivity contribution in [1.82, 2.24) is 15.1 Å². The predicted octanol–water partition coefficient (Wildman–Crippen LogP) is 1.59. The van der Waals surface area contributed by atoms with Crippen LogP contribution >= 0.6 is 11.3 Å². The van der Waals surface area contributed by atoms with Gasteiger partial charge in [-0.3, -0.25) is 4.79 Å². The Bertz CT molecular complexity index is 379. The summed E-state index contributed by atoms with van der Waals surface area (Å²) >= 11 is 1.32. The third kappa shape index (κ3) is 2.02. The number of aromatic nitrogens is 2. The Morgan fingerprint density at radius 1 is 1.62 bits per heavy atom. The third-order valence-electron chi connectivity index (χ3n) is 2.93. The fourth-order valence-electron chi connectivity index (χ4n) is 2.06. The molecule has 2 rings (SSSR count). The molecule has 1 N–H and O–H groups in total. The normalized spacial score (nSPS) is 20.1. The highest BCUT2D eigenvalue weighted by Gasteiger charge is 2.29. The number of nitrogens with one attached hydrogen (secondary N) is 1. The lowest BCUT2D eigenvalue weighted by molar-refractivity contribution is 0.0732. The van der Waals surface area contributed by atoms with E-state index in [1.54, 1.807) is 7.05 Å². The molecule has 1 fully saturated rings. The number of anilines is 1. The Balaban J connectivity index is 2.12. The van der Waals surface area contributed by atoms with Crippen molar-refractivity contribution >= 4 is 22.4 Å². The number of hydrogen-bond donors (Lipinski definition) is 1. The SMILES string of the molecule is CCC1CCCN1C(=O)c1nnc(NC)s1. The van der Waals surface area contributed by atoms with Crippen LogP contribution in [0.5, 0.6) is 0 Å². The molecule has 1 aromatic heterocycles. The van der Waals surface area contributed by atoms with Crippen molar-refractivity contribution in [2.45, 2.75) is 32.2 Å². The average Bonchev–Trinajstić information content (AvgIpc) is 2.96. The molecule has 16 heavy (non-hydrogen) atoms. The van der Waals surface area contributed by atoms with Gasteiger partial charge < -0.3 is 10.2 Å². The van der Waals surface area contributed by atoms with E-state index in [-0.39, 0.29) is 5.91 Å². The lowest BCUT2D eigenvalue weighted by Gasteiger charge is -2.21. The zero-order chi connectivity index (χ0) is 11.5. The molecular weight excluding hydrogens is 224 g/mol. The van der Waals surface area contributed by atoms with Gasteiger partial charge in [-0.05, 0) is 19.3 Å². The number of amides is 1. The van der Waals surface area contributed by atoms with E-state index in [4.69, 9.17) is 0 Å². The second kappa shape index (κ2) is 4.78. The van der Waals surface area contributed by atoms with Crippen LogP contribution < -0.4 is 5.32 Å². The summed E-state index contributed by atoms with van der Waals surface area (Å²) in [6.45, 7) is 2.97. The Hall–Kier alpha value is -1.17. The van der Waals surface area contributed by atoms with Gasteiger partial charge in [-0.25, -0.2) is 0 Å². The van der Waals surface area contributed by atoms with Crippen molar-refractivity contribution in [2.24, 2.45) is 0 Å². The Labute approximate surface area is 98.9 Å². The summed E-state index contributed by atoms with van der Waals surface area (Å²) in [5.41, 5.74) is 0. The molecule has 0 aromatic carbocycles. The number of carbonyl (C=O) groups is 1. The van der Waals surface area contributed by atoms with E-state index in [0.717, 1.165) is 25.8 Å². The molecular formula is C10H16N4OS. The number of hydrogen-bond acceptors (Lipinski definition) is 5. The van der Waals surface area contributed by atoms with Crippen LogP contribution in [0, 0.1) is 0 Å². The summed E-state index contributed by atoms with van der Waals surface area (Å²) in [5, 5.41) is 11.9. The van der Waals surface area contributed by atoms with E-state index in [2.05, 4.69) is 22.4 Å². The number of nitrogens with zero attached hydrogens (tertiary/aromatic N) is 3. The monoisotopic (exact) mass is 240 g/mol. The van der Waals surface area contributed by atoms with E-state index in [0.29, 0.717) is 16.2 Å². The summed E-state index contributed by atoms with van der Waals surface area (Å²) in [4.78, 5) is 14.1. The molecule has 1 amide bonds. The van der Waals surface area contributed by atoms with Crippen LogP contribution in [0.15, 0.2) is 0 Å². The molecule has 1 aliphatic heterocycles. The highest BCUT2D eigenvalue weighted by atomic mass is 32.1. The second-order valence-electron chi connectivity index (χ2n) is 3.87. The second-order valence-corrected chi connectivity index (χ2v) is 4.84. The highest BCUT2D eigenvalue weighted by molar-refractivity contribution is 7.17. The molecule has 1 aromatic rings. The van der Waals surface area contributed by atoms with Gasteiger partial charge >= 0.3 is 0 Å². The van der Waals surface area contributed by atoms with Gasteiger partial charge in [0.1, 0.15) is 0 Å². The summed E-state index contributed by atoms with van der Waals surface area (Å²) in [6.07, 6.45) is 3.23. The van der Waals surface area contributed by atoms with E-state index < -0.39 is 0 Å². The van der Waals surface area contributed by atoms with Crippen molar-refractivity contribution in [2.75, 3.05) is 18.9 Å². The molecule has 1 atom stereocenters. The van der Waals surface area contributed by atoms with Crippen molar-refractivity contribution in [3.63, 3.8) is 0 Å². The first kappa shape index (κ1) is 11.3. The van der Waals surface area contributed by atoms with Crippen molar-refractivity contribution < 1.29 is 4.79 Å². The number of carbonyl (C=O) groups excluding carboxylic acids is 1. The zero-order valence-electron chi connectivity index (χ0n) is 9.56. The molecule has 0 spiro atoms. The summed E-state index contributed by atoms with van der Waals surface area (Å²) < 4.78 is 0. The Morgan fingerprint density at radius 2 is 2.44 bits per heavy atom. The predicted molar refractivity (Wildman–Crippen MR) is 63.8 cm³/mol. The zero-order valence-corrected chi connectivity index (χ0v) is 10.4. The van der Waals surface area contributed by atoms with E-state index in [9.17, 15) is 4.79 Å². The number of likely N-dealkylation sites (tertiary alicyclic amines) is 1. The maximum Gasteiger partial charge on any atom is 0.285 e. The average molecular weight is 240 g/mol. The van der Waals surface area contributed by atoms with Gasteiger partial charge in [0.2, 0.25) is 10.1 Å². The van der Waals surface area contributed by atoms with Crippen LogP contribution in [0.25, 0.3) is 0 Å². The van der Waals surface area contributed by atoms with Gasteiger partial charge in [0.05, 0.1) is 0 Å². The molecule has 2 heterocycles. The molecule has 5 nitrogen and oxygen atoms in total. The number of rotatable bonds is 3. The quantitative estimate of drug-likeness (QED) is 0.871. The summed E-state index contributed by atoms with van der Waals surface area (Å²) in [5.74, 6) is 0.0309. The minimum Gasteiger partial charge on any atom is -0.363 e. The van der Waals surface area contributed by atoms with Crippen LogP contribution in [0.2, 0.25) is 0 Å². The molecule has 6 heteroatoms. The lowest BCUT2D eigenvalue weighted by atomic mass is 10.2. The van der Waals surface area contributed by atoms with Crippen molar-refractivity contribution in [3.05, 3.63) is 5.01 Å². The highest BCUT2D eigenvalue weighted by Crippen LogP contribution is 2.24. The van der Waals surface area contributed by atoms with Crippen LogP contribution in [0.4, 0.5) is 5.13 Å². The maximum atomic E-state index is 12.2. The molecule has 1 aliphatic rings. The maximum absolute atomic E-state index is 12.2. The third-order valence-corrected chi connectivity index (χ3v) is 3.86. The van der Waals surface area contributed by atoms with Crippen molar-refractivity contribution in [1.29, 1.82) is 0 Å². The molecule has 0 aliphatic carbocycles. The van der Waals surface area contributed by atoms with Gasteiger partial charge in [0.15, 0.2) is 0 Å². The molecule has 1 saturated heterocycles. The Kier molecular flexibility index (Phi) is 3.38. The minimum absolute atomic E-state index is 0.0309. The minimum atomic E-state index is 0.0309. The molecule has 88 valence electrons. The largest absolute Gasteiger partial charge is 0.363 e. The van der Waals surface area contributed by atoms with Crippen LogP contribution in [-0.2, 0) is 0 Å². The summed E-state index contributed by atoms with van der Waals surface area (Å²) in [6, 6.07) is 0.384. The van der Waals surface area contributed by atoms with Crippen molar-refractivity contribution in [3.8, 4) is 0 Å². The molecule has 0 radical (unpaired) electrons. The first-order valence-corrected chi connectivity index (χ1v) is 6.40. The van der Waals surface area contributed by atoms with E-state index in [1.165, 1.54) is 11.3 Å². The van der Waals surface area contributed by atoms with E-state index >= 15 is 0 Å². The topological polar surface area (TPSA) is 58.1 Å². The lowest BCUT2D eigenvalue weighted by Crippen LogP contribution is -2.35. The Morgan fingerprint density at radius 3 is 3.06 bits per heavy atom. The smallest absolute Gasteiger partial charge is 0.285 e. The van der Waals surface area contributed by atoms with Crippen LogP contribution in [-0.4, -0.2) is 40.6 Å². The van der Waals surface area contributed by atoms with Crippen LogP contribution in [0.1, 0.15) is 36.0 Å². The summed E-state index contributed by atoms with van der Waals surface area (Å²) in [7, 11) is 1.78. The van der Waals surface area contributed by atoms with Gasteiger partial charge in [0.25, 0.3) is 5.91 Å². The fraction of sp³-hybridized carbons (Fsp3) is 0.700. The van der Waals surface area contributed by atoms with Gasteiger partial charge in [0, 0.05) is 19.6 Å². The first-order valence-electron chi connectivity index (χ1n) is 5.58. The molecule has 1 unspecified atom stereocenters. The molecule has 0 saturated carbocycles. The molecule has 0 bridgehead atoms. The first-order chi connectivity index (χ1) is 7.76. The van der Waals surface area contributed by atoms with Gasteiger partial charge in [-0.2, -0.15) is 0 Å². The van der Waals surface area contributed by atoms with Crippen LogP contribution in [0.3, 0.4) is 0 Å². The van der Waals surface area contributed by atoms with Gasteiger partial charge in [-0.1, -0.05) is 18.3 Å². The van der Waals surface area contributed by atoms with E-state index in [1.807, 2.05) is 4.90 Å². The standard InChI is InChI=1S/C10H16N4OS/c1-3-7-5-4-6-14(7)9(15)8-12-13-10(11-2)16-8/h7H,3-6H2,1-2H3,(H,11,13). The fourth-order valence-corrected chi connectivity index (χ4v) is 2.71.